The molecule has 0 aliphatic rings. The summed E-state index contributed by atoms with van der Waals surface area (Å²) in [6.45, 7) is 7.38. The summed E-state index contributed by atoms with van der Waals surface area (Å²) in [5.74, 6) is 0.637. The van der Waals surface area contributed by atoms with Crippen LogP contribution in [0.4, 0.5) is 0 Å². The molecule has 5 heteroatoms. The maximum absolute atomic E-state index is 5.55. The molecule has 19 heavy (non-hydrogen) atoms. The van der Waals surface area contributed by atoms with Crippen molar-refractivity contribution in [1.29, 1.82) is 0 Å². The molecule has 1 N–H and O–H groups in total. The van der Waals surface area contributed by atoms with E-state index in [4.69, 9.17) is 14.2 Å². The maximum Gasteiger partial charge on any atom is 0.213 e. The van der Waals surface area contributed by atoms with Gasteiger partial charge in [-0.3, -0.25) is 0 Å². The number of hydrogen-bond donors (Lipinski definition) is 1. The Kier molecular flexibility index (Phi) is 8.13. The van der Waals surface area contributed by atoms with E-state index in [1.165, 1.54) is 5.56 Å². The van der Waals surface area contributed by atoms with E-state index in [1.54, 1.807) is 13.3 Å². The largest absolute Gasteiger partial charge is 0.475 e. The highest BCUT2D eigenvalue weighted by Crippen LogP contribution is 2.16. The van der Waals surface area contributed by atoms with Crippen molar-refractivity contribution in [3.63, 3.8) is 0 Å². The Morgan fingerprint density at radius 1 is 1.26 bits per heavy atom. The van der Waals surface area contributed by atoms with Gasteiger partial charge in [-0.2, -0.15) is 0 Å². The van der Waals surface area contributed by atoms with Crippen LogP contribution in [-0.2, 0) is 9.47 Å². The third-order valence-electron chi connectivity index (χ3n) is 2.68. The van der Waals surface area contributed by atoms with Gasteiger partial charge >= 0.3 is 0 Å². The van der Waals surface area contributed by atoms with Gasteiger partial charge in [0.1, 0.15) is 6.61 Å². The average Bonchev–Trinajstić information content (AvgIpc) is 2.43. The van der Waals surface area contributed by atoms with Crippen molar-refractivity contribution in [1.82, 2.24) is 10.3 Å². The Morgan fingerprint density at radius 2 is 2.05 bits per heavy atom. The van der Waals surface area contributed by atoms with Gasteiger partial charge in [-0.1, -0.05) is 6.92 Å². The Labute approximate surface area is 115 Å². The number of methoxy groups -OCH3 is 1. The van der Waals surface area contributed by atoms with Crippen LogP contribution in [0.15, 0.2) is 18.3 Å². The van der Waals surface area contributed by atoms with E-state index >= 15 is 0 Å². The molecule has 5 nitrogen and oxygen atoms in total. The van der Waals surface area contributed by atoms with Gasteiger partial charge in [0.25, 0.3) is 0 Å². The van der Waals surface area contributed by atoms with Crippen molar-refractivity contribution in [2.24, 2.45) is 0 Å². The van der Waals surface area contributed by atoms with Crippen LogP contribution in [0.3, 0.4) is 0 Å². The highest BCUT2D eigenvalue weighted by molar-refractivity contribution is 5.23. The zero-order valence-electron chi connectivity index (χ0n) is 12.0. The van der Waals surface area contributed by atoms with Gasteiger partial charge in [0, 0.05) is 25.4 Å². The van der Waals surface area contributed by atoms with E-state index in [0.29, 0.717) is 38.3 Å². The van der Waals surface area contributed by atoms with Crippen LogP contribution in [0.25, 0.3) is 0 Å². The molecule has 1 heterocycles. The summed E-state index contributed by atoms with van der Waals surface area (Å²) in [6, 6.07) is 4.26. The van der Waals surface area contributed by atoms with Gasteiger partial charge in [0.2, 0.25) is 5.88 Å². The first-order valence-corrected chi connectivity index (χ1v) is 6.66. The molecule has 0 aromatic carbocycles. The Balaban J connectivity index is 2.31. The molecule has 1 atom stereocenters. The number of hydrogen-bond acceptors (Lipinski definition) is 5. The van der Waals surface area contributed by atoms with Crippen LogP contribution in [0.1, 0.15) is 25.5 Å². The van der Waals surface area contributed by atoms with Crippen LogP contribution < -0.4 is 10.1 Å². The Hall–Kier alpha value is -1.17. The van der Waals surface area contributed by atoms with Crippen LogP contribution in [0.5, 0.6) is 5.88 Å². The van der Waals surface area contributed by atoms with Gasteiger partial charge < -0.3 is 19.5 Å². The Bertz CT molecular complexity index is 347. The van der Waals surface area contributed by atoms with Crippen molar-refractivity contribution < 1.29 is 14.2 Å². The Morgan fingerprint density at radius 3 is 2.79 bits per heavy atom. The van der Waals surface area contributed by atoms with Crippen LogP contribution in [-0.4, -0.2) is 45.1 Å². The smallest absolute Gasteiger partial charge is 0.213 e. The molecule has 0 saturated heterocycles. The van der Waals surface area contributed by atoms with E-state index in [2.05, 4.69) is 24.1 Å². The van der Waals surface area contributed by atoms with E-state index in [0.717, 1.165) is 6.54 Å². The quantitative estimate of drug-likeness (QED) is 0.656. The highest BCUT2D eigenvalue weighted by atomic mass is 16.5. The van der Waals surface area contributed by atoms with Crippen molar-refractivity contribution in [2.75, 3.05) is 40.1 Å². The van der Waals surface area contributed by atoms with E-state index in [9.17, 15) is 0 Å². The molecule has 1 unspecified atom stereocenters. The fourth-order valence-electron chi connectivity index (χ4n) is 1.65. The minimum Gasteiger partial charge on any atom is -0.475 e. The first-order chi connectivity index (χ1) is 9.27. The minimum atomic E-state index is 0.299. The van der Waals surface area contributed by atoms with Crippen molar-refractivity contribution in [3.8, 4) is 5.88 Å². The second kappa shape index (κ2) is 9.72. The summed E-state index contributed by atoms with van der Waals surface area (Å²) in [7, 11) is 1.65. The average molecular weight is 268 g/mol. The highest BCUT2D eigenvalue weighted by Gasteiger charge is 2.05. The SMILES string of the molecule is CCNC(C)c1ccnc(OCCOCCOC)c1. The zero-order chi connectivity index (χ0) is 13.9. The molecule has 1 aromatic heterocycles. The van der Waals surface area contributed by atoms with Crippen LogP contribution >= 0.6 is 0 Å². The van der Waals surface area contributed by atoms with Gasteiger partial charge in [-0.25, -0.2) is 4.98 Å². The van der Waals surface area contributed by atoms with E-state index in [1.807, 2.05) is 12.1 Å². The molecule has 0 bridgehead atoms. The number of nitrogens with one attached hydrogen (secondary N) is 1. The molecule has 0 saturated carbocycles. The number of nitrogens with zero attached hydrogens (tertiary/aromatic N) is 1. The zero-order valence-corrected chi connectivity index (χ0v) is 12.0. The topological polar surface area (TPSA) is 52.6 Å². The lowest BCUT2D eigenvalue weighted by Crippen LogP contribution is -2.18. The summed E-state index contributed by atoms with van der Waals surface area (Å²) < 4.78 is 15.8. The third kappa shape index (κ3) is 6.52. The van der Waals surface area contributed by atoms with Crippen molar-refractivity contribution in [3.05, 3.63) is 23.9 Å². The summed E-state index contributed by atoms with van der Waals surface area (Å²) >= 11 is 0. The van der Waals surface area contributed by atoms with Gasteiger partial charge in [-0.15, -0.1) is 0 Å². The molecule has 0 aliphatic carbocycles. The third-order valence-corrected chi connectivity index (χ3v) is 2.68. The number of ether oxygens (including phenoxy) is 3. The summed E-state index contributed by atoms with van der Waals surface area (Å²) in [5, 5.41) is 3.36. The summed E-state index contributed by atoms with van der Waals surface area (Å²) in [5.41, 5.74) is 1.17. The van der Waals surface area contributed by atoms with E-state index < -0.39 is 0 Å². The predicted molar refractivity (Wildman–Crippen MR) is 74.5 cm³/mol. The van der Waals surface area contributed by atoms with Gasteiger partial charge in [0.15, 0.2) is 0 Å². The monoisotopic (exact) mass is 268 g/mol. The molecule has 108 valence electrons. The first kappa shape index (κ1) is 15.9. The molecule has 0 amide bonds. The van der Waals surface area contributed by atoms with E-state index in [-0.39, 0.29) is 0 Å². The number of aromatic nitrogens is 1. The lowest BCUT2D eigenvalue weighted by molar-refractivity contribution is 0.0536. The lowest BCUT2D eigenvalue weighted by Gasteiger charge is -2.13. The second-order valence-electron chi connectivity index (χ2n) is 4.16. The van der Waals surface area contributed by atoms with Crippen molar-refractivity contribution in [2.45, 2.75) is 19.9 Å². The molecule has 1 rings (SSSR count). The summed E-state index contributed by atoms with van der Waals surface area (Å²) in [6.07, 6.45) is 1.77. The fourth-order valence-corrected chi connectivity index (χ4v) is 1.65. The number of rotatable bonds is 10. The van der Waals surface area contributed by atoms with Crippen molar-refractivity contribution >= 4 is 0 Å². The molecule has 0 aliphatic heterocycles. The molecular formula is C14H24N2O3. The normalized spacial score (nSPS) is 12.4. The molecule has 0 fully saturated rings. The first-order valence-electron chi connectivity index (χ1n) is 6.66. The van der Waals surface area contributed by atoms with Crippen LogP contribution in [0.2, 0.25) is 0 Å². The second-order valence-corrected chi connectivity index (χ2v) is 4.16. The minimum absolute atomic E-state index is 0.299. The van der Waals surface area contributed by atoms with Gasteiger partial charge in [-0.05, 0) is 25.1 Å². The molecule has 0 radical (unpaired) electrons. The predicted octanol–water partition coefficient (Wildman–Crippen LogP) is 1.79. The lowest BCUT2D eigenvalue weighted by atomic mass is 10.1. The van der Waals surface area contributed by atoms with Crippen LogP contribution in [0, 0.1) is 0 Å². The standard InChI is InChI=1S/C14H24N2O3/c1-4-15-12(2)13-5-6-16-14(11-13)19-10-9-18-8-7-17-3/h5-6,11-12,15H,4,7-10H2,1-3H3. The number of pyridine rings is 1. The maximum atomic E-state index is 5.55. The molecule has 1 aromatic rings. The fraction of sp³-hybridized carbons (Fsp3) is 0.643. The molecule has 0 spiro atoms. The molecular weight excluding hydrogens is 244 g/mol. The van der Waals surface area contributed by atoms with Gasteiger partial charge in [0.05, 0.1) is 19.8 Å². The summed E-state index contributed by atoms with van der Waals surface area (Å²) in [4.78, 5) is 4.19.